The predicted octanol–water partition coefficient (Wildman–Crippen LogP) is 4.31. The standard InChI is InChI=1S/C22H18O7S/c1-26-16-15-21(23)28-19-13-8-14-20(22(19)27-17-9-4-2-5-10-17)29-30(24,25)18-11-6-3-7-12-18/h2-16H,1H3. The quantitative estimate of drug-likeness (QED) is 0.174. The van der Waals surface area contributed by atoms with Crippen molar-refractivity contribution in [3.63, 3.8) is 0 Å². The van der Waals surface area contributed by atoms with Gasteiger partial charge in [-0.1, -0.05) is 42.5 Å². The van der Waals surface area contributed by atoms with Gasteiger partial charge in [0.15, 0.2) is 11.5 Å². The Morgan fingerprint density at radius 2 is 1.47 bits per heavy atom. The summed E-state index contributed by atoms with van der Waals surface area (Å²) in [4.78, 5) is 12.0. The van der Waals surface area contributed by atoms with Crippen molar-refractivity contribution in [1.82, 2.24) is 0 Å². The summed E-state index contributed by atoms with van der Waals surface area (Å²) in [5.41, 5.74) is 0. The summed E-state index contributed by atoms with van der Waals surface area (Å²) < 4.78 is 46.4. The largest absolute Gasteiger partial charge is 0.504 e. The normalized spacial score (nSPS) is 11.1. The van der Waals surface area contributed by atoms with Crippen molar-refractivity contribution in [3.05, 3.63) is 91.2 Å². The van der Waals surface area contributed by atoms with Gasteiger partial charge >= 0.3 is 16.1 Å². The average Bonchev–Trinajstić information content (AvgIpc) is 2.75. The molecule has 0 aliphatic carbocycles. The first kappa shape index (κ1) is 20.9. The van der Waals surface area contributed by atoms with Gasteiger partial charge in [-0.2, -0.15) is 8.42 Å². The van der Waals surface area contributed by atoms with E-state index in [1.807, 2.05) is 0 Å². The Kier molecular flexibility index (Phi) is 6.71. The van der Waals surface area contributed by atoms with Gasteiger partial charge in [-0.3, -0.25) is 0 Å². The molecule has 0 atom stereocenters. The highest BCUT2D eigenvalue weighted by Gasteiger charge is 2.22. The second-order valence-electron chi connectivity index (χ2n) is 5.81. The second kappa shape index (κ2) is 9.62. The van der Waals surface area contributed by atoms with Gasteiger partial charge in [-0.25, -0.2) is 4.79 Å². The summed E-state index contributed by atoms with van der Waals surface area (Å²) in [5, 5.41) is 0. The third kappa shape index (κ3) is 5.39. The molecule has 0 bridgehead atoms. The van der Waals surface area contributed by atoms with Crippen LogP contribution in [0.15, 0.2) is 96.1 Å². The maximum atomic E-state index is 12.7. The number of hydrogen-bond acceptors (Lipinski definition) is 7. The van der Waals surface area contributed by atoms with E-state index in [4.69, 9.17) is 18.4 Å². The van der Waals surface area contributed by atoms with Crippen LogP contribution in [0.3, 0.4) is 0 Å². The summed E-state index contributed by atoms with van der Waals surface area (Å²) in [6.45, 7) is 0. The van der Waals surface area contributed by atoms with Crippen LogP contribution in [-0.2, 0) is 19.6 Å². The van der Waals surface area contributed by atoms with Crippen LogP contribution in [0.2, 0.25) is 0 Å². The van der Waals surface area contributed by atoms with Gasteiger partial charge in [0.05, 0.1) is 19.4 Å². The number of carbonyl (C=O) groups is 1. The van der Waals surface area contributed by atoms with Crippen molar-refractivity contribution in [3.8, 4) is 23.0 Å². The van der Waals surface area contributed by atoms with Crippen molar-refractivity contribution in [1.29, 1.82) is 0 Å². The minimum absolute atomic E-state index is 0.0228. The van der Waals surface area contributed by atoms with E-state index in [2.05, 4.69) is 0 Å². The molecule has 0 aliphatic heterocycles. The van der Waals surface area contributed by atoms with Crippen molar-refractivity contribution >= 4 is 16.1 Å². The molecule has 0 saturated heterocycles. The summed E-state index contributed by atoms with van der Waals surface area (Å²) in [5.74, 6) is -0.565. The summed E-state index contributed by atoms with van der Waals surface area (Å²) in [6.07, 6.45) is 2.22. The highest BCUT2D eigenvalue weighted by Crippen LogP contribution is 2.41. The molecule has 3 rings (SSSR count). The monoisotopic (exact) mass is 426 g/mol. The molecular weight excluding hydrogens is 408 g/mol. The smallest absolute Gasteiger partial charge is 0.339 e. The highest BCUT2D eigenvalue weighted by molar-refractivity contribution is 7.87. The van der Waals surface area contributed by atoms with Crippen LogP contribution in [0.1, 0.15) is 0 Å². The van der Waals surface area contributed by atoms with Gasteiger partial charge < -0.3 is 18.4 Å². The van der Waals surface area contributed by atoms with Gasteiger partial charge in [0.2, 0.25) is 5.75 Å². The van der Waals surface area contributed by atoms with Crippen molar-refractivity contribution in [2.24, 2.45) is 0 Å². The van der Waals surface area contributed by atoms with Gasteiger partial charge in [0, 0.05) is 0 Å². The van der Waals surface area contributed by atoms with Crippen molar-refractivity contribution in [2.45, 2.75) is 4.90 Å². The van der Waals surface area contributed by atoms with Crippen molar-refractivity contribution in [2.75, 3.05) is 7.11 Å². The first-order valence-corrected chi connectivity index (χ1v) is 10.2. The van der Waals surface area contributed by atoms with E-state index in [0.717, 1.165) is 12.3 Å². The third-order valence-corrected chi connectivity index (χ3v) is 4.94. The lowest BCUT2D eigenvalue weighted by molar-refractivity contribution is -0.129. The Morgan fingerprint density at radius 1 is 0.833 bits per heavy atom. The molecule has 0 N–H and O–H groups in total. The predicted molar refractivity (Wildman–Crippen MR) is 109 cm³/mol. The molecule has 0 heterocycles. The Labute approximate surface area is 174 Å². The number of esters is 1. The number of para-hydroxylation sites is 2. The van der Waals surface area contributed by atoms with Crippen LogP contribution < -0.4 is 13.7 Å². The van der Waals surface area contributed by atoms with Crippen LogP contribution in [0, 0.1) is 0 Å². The number of methoxy groups -OCH3 is 1. The van der Waals surface area contributed by atoms with E-state index in [1.165, 1.54) is 37.4 Å². The lowest BCUT2D eigenvalue weighted by Crippen LogP contribution is -2.11. The second-order valence-corrected chi connectivity index (χ2v) is 7.35. The van der Waals surface area contributed by atoms with Gasteiger partial charge in [0.25, 0.3) is 0 Å². The Bertz CT molecular complexity index is 1120. The summed E-state index contributed by atoms with van der Waals surface area (Å²) in [6, 6.07) is 20.6. The first-order valence-electron chi connectivity index (χ1n) is 8.76. The fourth-order valence-corrected chi connectivity index (χ4v) is 3.32. The topological polar surface area (TPSA) is 88.1 Å². The van der Waals surface area contributed by atoms with Crippen LogP contribution in [-0.4, -0.2) is 21.5 Å². The molecule has 0 aromatic heterocycles. The van der Waals surface area contributed by atoms with Crippen LogP contribution in [0.5, 0.6) is 23.0 Å². The molecule has 0 unspecified atom stereocenters. The Hall–Kier alpha value is -3.78. The molecule has 154 valence electrons. The maximum Gasteiger partial charge on any atom is 0.339 e. The van der Waals surface area contributed by atoms with Crippen LogP contribution in [0.25, 0.3) is 0 Å². The molecule has 7 nitrogen and oxygen atoms in total. The van der Waals surface area contributed by atoms with Crippen molar-refractivity contribution < 1.29 is 31.6 Å². The van der Waals surface area contributed by atoms with Gasteiger partial charge in [-0.15, -0.1) is 0 Å². The zero-order chi connectivity index (χ0) is 21.4. The Balaban J connectivity index is 2.00. The fourth-order valence-electron chi connectivity index (χ4n) is 2.37. The molecule has 8 heteroatoms. The van der Waals surface area contributed by atoms with Gasteiger partial charge in [0.1, 0.15) is 10.6 Å². The lowest BCUT2D eigenvalue weighted by atomic mass is 10.3. The van der Waals surface area contributed by atoms with Gasteiger partial charge in [-0.05, 0) is 36.4 Å². The molecule has 3 aromatic rings. The molecule has 0 saturated carbocycles. The highest BCUT2D eigenvalue weighted by atomic mass is 32.2. The van der Waals surface area contributed by atoms with E-state index in [1.54, 1.807) is 48.5 Å². The lowest BCUT2D eigenvalue weighted by Gasteiger charge is -2.15. The first-order chi connectivity index (χ1) is 14.5. The number of carbonyl (C=O) groups excluding carboxylic acids is 1. The number of benzene rings is 3. The minimum Gasteiger partial charge on any atom is -0.504 e. The average molecular weight is 426 g/mol. The van der Waals surface area contributed by atoms with E-state index in [0.29, 0.717) is 5.75 Å². The van der Waals surface area contributed by atoms with Crippen LogP contribution >= 0.6 is 0 Å². The van der Waals surface area contributed by atoms with E-state index < -0.39 is 16.1 Å². The third-order valence-electron chi connectivity index (χ3n) is 3.69. The molecule has 0 spiro atoms. The summed E-state index contributed by atoms with van der Waals surface area (Å²) >= 11 is 0. The zero-order valence-corrected chi connectivity index (χ0v) is 16.7. The van der Waals surface area contributed by atoms with E-state index in [9.17, 15) is 13.2 Å². The molecule has 0 fully saturated rings. The molecule has 3 aromatic carbocycles. The number of ether oxygens (including phenoxy) is 3. The van der Waals surface area contributed by atoms with E-state index in [-0.39, 0.29) is 22.1 Å². The summed E-state index contributed by atoms with van der Waals surface area (Å²) in [7, 11) is -2.76. The molecule has 0 aliphatic rings. The minimum atomic E-state index is -4.14. The fraction of sp³-hybridized carbons (Fsp3) is 0.0455. The van der Waals surface area contributed by atoms with Crippen LogP contribution in [0.4, 0.5) is 0 Å². The molecule has 0 amide bonds. The maximum absolute atomic E-state index is 12.7. The number of rotatable bonds is 8. The zero-order valence-electron chi connectivity index (χ0n) is 15.9. The SMILES string of the molecule is COC=CC(=O)Oc1cccc(OS(=O)(=O)c2ccccc2)c1Oc1ccccc1. The van der Waals surface area contributed by atoms with E-state index >= 15 is 0 Å². The number of hydrogen-bond donors (Lipinski definition) is 0. The molecule has 0 radical (unpaired) electrons. The molecule has 30 heavy (non-hydrogen) atoms. The molecular formula is C22H18O7S. The Morgan fingerprint density at radius 3 is 2.13 bits per heavy atom.